The number of rotatable bonds is 12. The number of hydrogen-bond donors (Lipinski definition) is 7. The van der Waals surface area contributed by atoms with E-state index in [0.717, 1.165) is 16.9 Å². The topological polar surface area (TPSA) is 188 Å². The van der Waals surface area contributed by atoms with Gasteiger partial charge in [0, 0.05) is 35.5 Å². The van der Waals surface area contributed by atoms with Crippen LogP contribution < -0.4 is 10.2 Å². The van der Waals surface area contributed by atoms with Gasteiger partial charge in [-0.05, 0) is 36.6 Å². The summed E-state index contributed by atoms with van der Waals surface area (Å²) < 4.78 is 30.8. The van der Waals surface area contributed by atoms with Crippen LogP contribution in [-0.2, 0) is 15.5 Å². The molecule has 1 aromatic rings. The number of benzene rings is 1. The number of fused-ring (bicyclic) bond motifs is 1. The van der Waals surface area contributed by atoms with Gasteiger partial charge >= 0.3 is 0 Å². The first-order chi connectivity index (χ1) is 15.7. The van der Waals surface area contributed by atoms with Crippen molar-refractivity contribution in [2.75, 3.05) is 30.3 Å². The second kappa shape index (κ2) is 11.1. The molecule has 1 aliphatic heterocycles. The van der Waals surface area contributed by atoms with E-state index in [1.807, 2.05) is 18.7 Å². The minimum absolute atomic E-state index is 0.289. The maximum atomic E-state index is 12.6. The van der Waals surface area contributed by atoms with E-state index in [1.54, 1.807) is 18.2 Å². The fourth-order valence-corrected chi connectivity index (χ4v) is 4.41. The number of aliphatic hydroxyl groups excluding tert-OH is 5. The van der Waals surface area contributed by atoms with Crippen LogP contribution in [0.25, 0.3) is 0 Å². The van der Waals surface area contributed by atoms with Gasteiger partial charge in [0.1, 0.15) is 18.3 Å². The normalized spacial score (nSPS) is 18.8. The fraction of sp³-hybridized carbons (Fsp3) is 0.591. The first-order valence-electron chi connectivity index (χ1n) is 10.9. The number of anilines is 1. The smallest absolute Gasteiger partial charge is 0.264 e. The van der Waals surface area contributed by atoms with Crippen LogP contribution in [0.4, 0.5) is 5.69 Å². The van der Waals surface area contributed by atoms with E-state index in [1.165, 1.54) is 0 Å². The van der Waals surface area contributed by atoms with Gasteiger partial charge in [-0.1, -0.05) is 20.4 Å². The van der Waals surface area contributed by atoms with Gasteiger partial charge < -0.3 is 35.7 Å². The van der Waals surface area contributed by atoms with Crippen molar-refractivity contribution in [1.82, 2.24) is 5.32 Å². The molecule has 0 saturated heterocycles. The molecule has 192 valence electrons. The predicted octanol–water partition coefficient (Wildman–Crippen LogP) is -0.868. The monoisotopic (exact) mass is 502 g/mol. The maximum absolute atomic E-state index is 12.6. The van der Waals surface area contributed by atoms with Crippen LogP contribution in [0.3, 0.4) is 0 Å². The second-order valence-corrected chi connectivity index (χ2v) is 10.5. The van der Waals surface area contributed by atoms with Crippen molar-refractivity contribution >= 4 is 21.7 Å². The lowest BCUT2D eigenvalue weighted by Crippen LogP contribution is -2.49. The number of carbonyl (C=O) groups excluding carboxylic acids is 1. The van der Waals surface area contributed by atoms with Crippen LogP contribution in [0, 0.1) is 0 Å². The van der Waals surface area contributed by atoms with Crippen LogP contribution in [0.15, 0.2) is 30.5 Å². The fourth-order valence-electron chi connectivity index (χ4n) is 3.84. The Morgan fingerprint density at radius 3 is 2.32 bits per heavy atom. The Morgan fingerprint density at radius 1 is 1.12 bits per heavy atom. The Labute approximate surface area is 199 Å². The van der Waals surface area contributed by atoms with Crippen molar-refractivity contribution in [2.45, 2.75) is 56.5 Å². The molecule has 1 amide bonds. The molecular formula is C22H34N2O9S. The zero-order chi connectivity index (χ0) is 25.8. The van der Waals surface area contributed by atoms with Crippen molar-refractivity contribution in [1.29, 1.82) is 0 Å². The average molecular weight is 503 g/mol. The van der Waals surface area contributed by atoms with Crippen molar-refractivity contribution < 1.29 is 43.3 Å². The van der Waals surface area contributed by atoms with Crippen LogP contribution in [0.2, 0.25) is 0 Å². The molecule has 12 heteroatoms. The molecule has 0 radical (unpaired) electrons. The molecule has 3 unspecified atom stereocenters. The van der Waals surface area contributed by atoms with Gasteiger partial charge in [0.25, 0.3) is 16.0 Å². The van der Waals surface area contributed by atoms with Crippen molar-refractivity contribution in [3.05, 3.63) is 41.6 Å². The summed E-state index contributed by atoms with van der Waals surface area (Å²) in [5, 5.41) is 50.2. The third kappa shape index (κ3) is 6.54. The number of unbranched alkanes of at least 4 members (excludes halogenated alkanes) is 1. The second-order valence-electron chi connectivity index (χ2n) is 8.96. The molecule has 0 bridgehead atoms. The van der Waals surface area contributed by atoms with Gasteiger partial charge in [-0.2, -0.15) is 8.42 Å². The molecule has 1 aliphatic rings. The van der Waals surface area contributed by atoms with Crippen molar-refractivity contribution in [2.24, 2.45) is 0 Å². The number of hydrogen-bond acceptors (Lipinski definition) is 9. The molecule has 0 aromatic heterocycles. The Bertz CT molecular complexity index is 996. The Hall–Kier alpha value is -2.06. The maximum Gasteiger partial charge on any atom is 0.264 e. The molecule has 2 rings (SSSR count). The van der Waals surface area contributed by atoms with E-state index in [-0.39, 0.29) is 12.2 Å². The minimum Gasteiger partial charge on any atom is -0.394 e. The molecule has 0 spiro atoms. The molecule has 7 N–H and O–H groups in total. The van der Waals surface area contributed by atoms with Crippen molar-refractivity contribution in [3.63, 3.8) is 0 Å². The number of amides is 1. The molecule has 0 fully saturated rings. The van der Waals surface area contributed by atoms with Crippen LogP contribution >= 0.6 is 0 Å². The number of carbonyl (C=O) groups is 1. The van der Waals surface area contributed by atoms with Gasteiger partial charge in [-0.3, -0.25) is 9.35 Å². The Kier molecular flexibility index (Phi) is 9.22. The van der Waals surface area contributed by atoms with Crippen LogP contribution in [0.1, 0.15) is 42.6 Å². The number of nitrogens with zero attached hydrogens (tertiary/aromatic N) is 1. The third-order valence-electron chi connectivity index (χ3n) is 6.10. The highest BCUT2D eigenvalue weighted by atomic mass is 32.2. The van der Waals surface area contributed by atoms with E-state index in [2.05, 4.69) is 11.9 Å². The first kappa shape index (κ1) is 28.2. The zero-order valence-corrected chi connectivity index (χ0v) is 20.1. The number of nitrogens with one attached hydrogen (secondary N) is 1. The highest BCUT2D eigenvalue weighted by Crippen LogP contribution is 2.47. The number of aliphatic hydroxyl groups is 5. The summed E-state index contributed by atoms with van der Waals surface area (Å²) in [5.41, 5.74) is 2.24. The molecule has 0 saturated carbocycles. The highest BCUT2D eigenvalue weighted by molar-refractivity contribution is 7.85. The molecule has 34 heavy (non-hydrogen) atoms. The largest absolute Gasteiger partial charge is 0.394 e. The van der Waals surface area contributed by atoms with Gasteiger partial charge in [0.15, 0.2) is 0 Å². The zero-order valence-electron chi connectivity index (χ0n) is 19.3. The lowest BCUT2D eigenvalue weighted by Gasteiger charge is -2.26. The van der Waals surface area contributed by atoms with Gasteiger partial charge in [-0.15, -0.1) is 0 Å². The summed E-state index contributed by atoms with van der Waals surface area (Å²) in [7, 11) is -4.02. The van der Waals surface area contributed by atoms with Gasteiger partial charge in [0.05, 0.1) is 18.5 Å². The summed E-state index contributed by atoms with van der Waals surface area (Å²) in [6, 6.07) is 5.03. The third-order valence-corrected chi connectivity index (χ3v) is 6.91. The van der Waals surface area contributed by atoms with E-state index >= 15 is 0 Å². The summed E-state index contributed by atoms with van der Waals surface area (Å²) in [4.78, 5) is 14.6. The van der Waals surface area contributed by atoms with Gasteiger partial charge in [-0.25, -0.2) is 0 Å². The van der Waals surface area contributed by atoms with Crippen LogP contribution in [0.5, 0.6) is 0 Å². The first-order valence-corrected chi connectivity index (χ1v) is 12.5. The number of allylic oxidation sites excluding steroid dienone is 1. The molecule has 11 nitrogen and oxygen atoms in total. The van der Waals surface area contributed by atoms with E-state index < -0.39 is 59.0 Å². The quantitative estimate of drug-likeness (QED) is 0.140. The molecule has 0 aliphatic carbocycles. The van der Waals surface area contributed by atoms with E-state index in [0.29, 0.717) is 18.5 Å². The van der Waals surface area contributed by atoms with E-state index in [4.69, 9.17) is 9.66 Å². The Balaban J connectivity index is 2.08. The molecular weight excluding hydrogens is 468 g/mol. The average Bonchev–Trinajstić information content (AvgIpc) is 2.97. The molecule has 1 heterocycles. The van der Waals surface area contributed by atoms with Gasteiger partial charge in [0.2, 0.25) is 0 Å². The lowest BCUT2D eigenvalue weighted by molar-refractivity contribution is -0.113. The summed E-state index contributed by atoms with van der Waals surface area (Å²) >= 11 is 0. The lowest BCUT2D eigenvalue weighted by atomic mass is 9.84. The Morgan fingerprint density at radius 2 is 1.74 bits per heavy atom. The summed E-state index contributed by atoms with van der Waals surface area (Å²) in [6.07, 6.45) is -5.98. The summed E-state index contributed by atoms with van der Waals surface area (Å²) in [6.45, 7) is 7.34. The van der Waals surface area contributed by atoms with Crippen molar-refractivity contribution in [3.8, 4) is 0 Å². The molecule has 4 atom stereocenters. The molecule has 1 aromatic carbocycles. The SMILES string of the molecule is C=C1N(CCCCS(=O)(=O)O)c2ccc(C(=O)NCC(O)C(O)C(O)[C@H](O)CO)cc2C1(C)C. The predicted molar refractivity (Wildman–Crippen MR) is 125 cm³/mol. The minimum atomic E-state index is -4.02. The van der Waals surface area contributed by atoms with E-state index in [9.17, 15) is 33.6 Å². The highest BCUT2D eigenvalue weighted by Gasteiger charge is 2.39. The standard InChI is InChI=1S/C22H34N2O9S/c1-13-22(2,3)15-10-14(6-7-16(15)24(13)8-4-5-9-34(31,32)33)21(30)23-11-17(26)19(28)20(29)18(27)12-25/h6-7,10,17-20,25-29H,1,4-5,8-9,11-12H2,2-3H3,(H,23,30)(H,31,32,33)/t17?,18-,19?,20?/m1/s1. The summed E-state index contributed by atoms with van der Waals surface area (Å²) in [5.74, 6) is -0.849. The van der Waals surface area contributed by atoms with Crippen LogP contribution in [-0.4, -0.2) is 94.3 Å².